The monoisotopic (exact) mass is 370 g/mol. The van der Waals surface area contributed by atoms with Gasteiger partial charge in [-0.05, 0) is 50.9 Å². The second-order valence-corrected chi connectivity index (χ2v) is 7.66. The standard InChI is InChI=1S/C20H30N6O/c1-2-18-22-23-19(17-6-5-12-26(17)18)25-13-7-16(8-14-25)20(27)21-9-15-24-10-3-4-11-24/h5-6,12,16H,2-4,7-11,13-15H2,1H3,(H,21,27). The summed E-state index contributed by atoms with van der Waals surface area (Å²) in [5.74, 6) is 2.25. The number of hydrogen-bond acceptors (Lipinski definition) is 5. The molecule has 2 aliphatic rings. The molecule has 2 saturated heterocycles. The summed E-state index contributed by atoms with van der Waals surface area (Å²) < 4.78 is 2.12. The maximum atomic E-state index is 12.5. The molecule has 4 rings (SSSR count). The van der Waals surface area contributed by atoms with E-state index < -0.39 is 0 Å². The summed E-state index contributed by atoms with van der Waals surface area (Å²) in [6.45, 7) is 7.91. The minimum absolute atomic E-state index is 0.116. The largest absolute Gasteiger partial charge is 0.355 e. The van der Waals surface area contributed by atoms with Crippen molar-refractivity contribution in [2.24, 2.45) is 5.92 Å². The Bertz CT molecular complexity index is 774. The number of aryl methyl sites for hydroxylation is 1. The van der Waals surface area contributed by atoms with E-state index in [9.17, 15) is 4.79 Å². The zero-order valence-corrected chi connectivity index (χ0v) is 16.2. The maximum absolute atomic E-state index is 12.5. The third kappa shape index (κ3) is 3.93. The van der Waals surface area contributed by atoms with Crippen molar-refractivity contribution >= 4 is 17.2 Å². The molecule has 146 valence electrons. The lowest BCUT2D eigenvalue weighted by molar-refractivity contribution is -0.125. The molecule has 2 aliphatic heterocycles. The first-order chi connectivity index (χ1) is 13.3. The molecule has 0 spiro atoms. The minimum atomic E-state index is 0.116. The number of amides is 1. The first-order valence-electron chi connectivity index (χ1n) is 10.3. The van der Waals surface area contributed by atoms with Gasteiger partial charge in [-0.3, -0.25) is 4.79 Å². The van der Waals surface area contributed by atoms with Gasteiger partial charge in [0.1, 0.15) is 5.82 Å². The van der Waals surface area contributed by atoms with E-state index in [0.29, 0.717) is 0 Å². The van der Waals surface area contributed by atoms with Crippen LogP contribution >= 0.6 is 0 Å². The van der Waals surface area contributed by atoms with Crippen LogP contribution in [0.15, 0.2) is 18.3 Å². The molecule has 7 heteroatoms. The predicted octanol–water partition coefficient (Wildman–Crippen LogP) is 1.72. The Balaban J connectivity index is 1.31. The van der Waals surface area contributed by atoms with Crippen molar-refractivity contribution in [3.8, 4) is 0 Å². The van der Waals surface area contributed by atoms with Gasteiger partial charge in [-0.15, -0.1) is 10.2 Å². The summed E-state index contributed by atoms with van der Waals surface area (Å²) >= 11 is 0. The molecule has 0 aromatic carbocycles. The SMILES string of the molecule is CCc1nnc(N2CCC(C(=O)NCCN3CCCC3)CC2)c2cccn12. The molecule has 7 nitrogen and oxygen atoms in total. The number of carbonyl (C=O) groups excluding carboxylic acids is 1. The van der Waals surface area contributed by atoms with Crippen molar-refractivity contribution in [2.75, 3.05) is 44.2 Å². The fourth-order valence-corrected chi connectivity index (χ4v) is 4.30. The van der Waals surface area contributed by atoms with Crippen LogP contribution in [0.25, 0.3) is 5.52 Å². The van der Waals surface area contributed by atoms with Crippen molar-refractivity contribution in [2.45, 2.75) is 39.0 Å². The third-order valence-corrected chi connectivity index (χ3v) is 5.92. The van der Waals surface area contributed by atoms with Gasteiger partial charge in [-0.2, -0.15) is 0 Å². The van der Waals surface area contributed by atoms with Crippen LogP contribution in [-0.2, 0) is 11.2 Å². The van der Waals surface area contributed by atoms with Gasteiger partial charge in [-0.1, -0.05) is 6.92 Å². The second kappa shape index (κ2) is 8.25. The normalized spacial score (nSPS) is 19.1. The minimum Gasteiger partial charge on any atom is -0.355 e. The molecule has 0 bridgehead atoms. The third-order valence-electron chi connectivity index (χ3n) is 5.92. The van der Waals surface area contributed by atoms with Crippen molar-refractivity contribution < 1.29 is 4.79 Å². The van der Waals surface area contributed by atoms with Gasteiger partial charge in [0.25, 0.3) is 0 Å². The number of nitrogens with one attached hydrogen (secondary N) is 1. The summed E-state index contributed by atoms with van der Waals surface area (Å²) in [4.78, 5) is 17.2. The van der Waals surface area contributed by atoms with Gasteiger partial charge in [0, 0.05) is 44.7 Å². The van der Waals surface area contributed by atoms with Gasteiger partial charge in [0.15, 0.2) is 5.82 Å². The van der Waals surface area contributed by atoms with E-state index in [0.717, 1.165) is 62.6 Å². The lowest BCUT2D eigenvalue weighted by atomic mass is 9.96. The number of fused-ring (bicyclic) bond motifs is 1. The van der Waals surface area contributed by atoms with E-state index in [1.807, 2.05) is 12.3 Å². The molecule has 2 fully saturated rings. The van der Waals surface area contributed by atoms with E-state index >= 15 is 0 Å². The molecule has 0 atom stereocenters. The number of anilines is 1. The van der Waals surface area contributed by atoms with Gasteiger partial charge < -0.3 is 19.5 Å². The van der Waals surface area contributed by atoms with Crippen molar-refractivity contribution in [1.29, 1.82) is 0 Å². The van der Waals surface area contributed by atoms with Gasteiger partial charge in [0.05, 0.1) is 5.52 Å². The summed E-state index contributed by atoms with van der Waals surface area (Å²) in [7, 11) is 0. The van der Waals surface area contributed by atoms with Crippen LogP contribution in [0.5, 0.6) is 0 Å². The zero-order chi connectivity index (χ0) is 18.6. The van der Waals surface area contributed by atoms with E-state index in [-0.39, 0.29) is 11.8 Å². The van der Waals surface area contributed by atoms with Crippen LogP contribution in [0.1, 0.15) is 38.4 Å². The molecular weight excluding hydrogens is 340 g/mol. The molecule has 0 radical (unpaired) electrons. The quantitative estimate of drug-likeness (QED) is 0.839. The molecule has 0 aliphatic carbocycles. The molecule has 1 N–H and O–H groups in total. The van der Waals surface area contributed by atoms with Crippen molar-refractivity contribution in [3.05, 3.63) is 24.2 Å². The number of hydrogen-bond donors (Lipinski definition) is 1. The number of likely N-dealkylation sites (tertiary alicyclic amines) is 1. The lowest BCUT2D eigenvalue weighted by Gasteiger charge is -2.32. The Labute approximate surface area is 160 Å². The highest BCUT2D eigenvalue weighted by atomic mass is 16.1. The molecule has 0 saturated carbocycles. The molecule has 27 heavy (non-hydrogen) atoms. The Morgan fingerprint density at radius 3 is 2.70 bits per heavy atom. The highest BCUT2D eigenvalue weighted by Crippen LogP contribution is 2.26. The summed E-state index contributed by atoms with van der Waals surface area (Å²) in [6.07, 6.45) is 7.25. The van der Waals surface area contributed by atoms with Crippen LogP contribution < -0.4 is 10.2 Å². The summed E-state index contributed by atoms with van der Waals surface area (Å²) in [6, 6.07) is 4.14. The Morgan fingerprint density at radius 2 is 1.96 bits per heavy atom. The van der Waals surface area contributed by atoms with Gasteiger partial charge >= 0.3 is 0 Å². The summed E-state index contributed by atoms with van der Waals surface area (Å²) in [5, 5.41) is 12.0. The molecule has 4 heterocycles. The Hall–Kier alpha value is -2.15. The Morgan fingerprint density at radius 1 is 1.19 bits per heavy atom. The smallest absolute Gasteiger partial charge is 0.223 e. The first-order valence-corrected chi connectivity index (χ1v) is 10.3. The van der Waals surface area contributed by atoms with Crippen LogP contribution in [-0.4, -0.2) is 64.7 Å². The van der Waals surface area contributed by atoms with Gasteiger partial charge in [-0.25, -0.2) is 0 Å². The van der Waals surface area contributed by atoms with E-state index in [4.69, 9.17) is 0 Å². The predicted molar refractivity (Wildman–Crippen MR) is 106 cm³/mol. The highest BCUT2D eigenvalue weighted by molar-refractivity contribution is 5.79. The highest BCUT2D eigenvalue weighted by Gasteiger charge is 2.27. The van der Waals surface area contributed by atoms with Crippen molar-refractivity contribution in [3.63, 3.8) is 0 Å². The molecule has 2 aromatic rings. The summed E-state index contributed by atoms with van der Waals surface area (Å²) in [5.41, 5.74) is 1.11. The van der Waals surface area contributed by atoms with Crippen LogP contribution in [0, 0.1) is 5.92 Å². The molecule has 2 aromatic heterocycles. The van der Waals surface area contributed by atoms with Crippen LogP contribution in [0.4, 0.5) is 5.82 Å². The topological polar surface area (TPSA) is 65.8 Å². The first kappa shape index (κ1) is 18.2. The van der Waals surface area contributed by atoms with E-state index in [1.165, 1.54) is 25.9 Å². The zero-order valence-electron chi connectivity index (χ0n) is 16.2. The number of carbonyl (C=O) groups is 1. The van der Waals surface area contributed by atoms with E-state index in [2.05, 4.69) is 42.7 Å². The fourth-order valence-electron chi connectivity index (χ4n) is 4.30. The average Bonchev–Trinajstić information content (AvgIpc) is 3.39. The number of piperidine rings is 1. The Kier molecular flexibility index (Phi) is 5.57. The number of rotatable bonds is 6. The fraction of sp³-hybridized carbons (Fsp3) is 0.650. The number of aromatic nitrogens is 3. The van der Waals surface area contributed by atoms with Crippen LogP contribution in [0.2, 0.25) is 0 Å². The van der Waals surface area contributed by atoms with Gasteiger partial charge in [0.2, 0.25) is 5.91 Å². The average molecular weight is 371 g/mol. The van der Waals surface area contributed by atoms with Crippen molar-refractivity contribution in [1.82, 2.24) is 24.8 Å². The molecule has 0 unspecified atom stereocenters. The van der Waals surface area contributed by atoms with E-state index in [1.54, 1.807) is 0 Å². The maximum Gasteiger partial charge on any atom is 0.223 e. The van der Waals surface area contributed by atoms with Crippen LogP contribution in [0.3, 0.4) is 0 Å². The lowest BCUT2D eigenvalue weighted by Crippen LogP contribution is -2.42. The molecular formula is C20H30N6O. The number of nitrogens with zero attached hydrogens (tertiary/aromatic N) is 5. The second-order valence-electron chi connectivity index (χ2n) is 7.66. The molecule has 1 amide bonds.